The maximum absolute atomic E-state index is 11.8. The van der Waals surface area contributed by atoms with Crippen molar-refractivity contribution in [1.82, 2.24) is 15.2 Å². The van der Waals surface area contributed by atoms with E-state index in [1.165, 1.54) is 0 Å². The van der Waals surface area contributed by atoms with Crippen molar-refractivity contribution in [1.29, 1.82) is 5.26 Å². The van der Waals surface area contributed by atoms with Crippen LogP contribution in [-0.2, 0) is 11.4 Å². The lowest BCUT2D eigenvalue weighted by Gasteiger charge is -2.12. The highest BCUT2D eigenvalue weighted by Crippen LogP contribution is 2.25. The largest absolute Gasteiger partial charge is 0.489 e. The molecular formula is C24H20N4O3. The normalized spacial score (nSPS) is 14.3. The smallest absolute Gasteiger partial charge is 0.326 e. The Bertz CT molecular complexity index is 1250. The summed E-state index contributed by atoms with van der Waals surface area (Å²) in [7, 11) is 0. The third-order valence-corrected chi connectivity index (χ3v) is 5.12. The van der Waals surface area contributed by atoms with Crippen LogP contribution in [0.25, 0.3) is 11.8 Å². The quantitative estimate of drug-likeness (QED) is 0.493. The van der Waals surface area contributed by atoms with Crippen LogP contribution < -0.4 is 15.4 Å². The van der Waals surface area contributed by atoms with Crippen LogP contribution in [0.4, 0.5) is 4.79 Å². The summed E-state index contributed by atoms with van der Waals surface area (Å²) in [5.41, 5.74) is 5.40. The predicted molar refractivity (Wildman–Crippen MR) is 115 cm³/mol. The molecule has 1 aliphatic heterocycles. The summed E-state index contributed by atoms with van der Waals surface area (Å²) in [5.74, 6) is 0.265. The number of benzene rings is 2. The van der Waals surface area contributed by atoms with E-state index in [1.807, 2.05) is 62.4 Å². The van der Waals surface area contributed by atoms with E-state index in [0.29, 0.717) is 17.9 Å². The highest BCUT2D eigenvalue weighted by molar-refractivity contribution is 6.14. The van der Waals surface area contributed by atoms with Gasteiger partial charge in [0, 0.05) is 22.6 Å². The highest BCUT2D eigenvalue weighted by Gasteiger charge is 2.23. The molecular weight excluding hydrogens is 392 g/mol. The lowest BCUT2D eigenvalue weighted by Crippen LogP contribution is -2.22. The molecule has 2 heterocycles. The minimum Gasteiger partial charge on any atom is -0.489 e. The van der Waals surface area contributed by atoms with E-state index < -0.39 is 11.9 Å². The molecule has 1 aromatic heterocycles. The van der Waals surface area contributed by atoms with Crippen molar-refractivity contribution in [3.05, 3.63) is 88.4 Å². The fourth-order valence-electron chi connectivity index (χ4n) is 3.58. The van der Waals surface area contributed by atoms with Gasteiger partial charge in [-0.1, -0.05) is 18.2 Å². The van der Waals surface area contributed by atoms with E-state index in [4.69, 9.17) is 4.74 Å². The average Bonchev–Trinajstić information content (AvgIpc) is 3.23. The Balaban J connectivity index is 1.54. The van der Waals surface area contributed by atoms with Gasteiger partial charge in [0.15, 0.2) is 0 Å². The molecule has 2 N–H and O–H groups in total. The first kappa shape index (κ1) is 20.0. The molecule has 31 heavy (non-hydrogen) atoms. The number of carbonyl (C=O) groups is 2. The summed E-state index contributed by atoms with van der Waals surface area (Å²) in [4.78, 5) is 23.1. The molecule has 0 bridgehead atoms. The van der Waals surface area contributed by atoms with Gasteiger partial charge in [0.1, 0.15) is 18.1 Å². The molecule has 1 saturated heterocycles. The maximum atomic E-state index is 11.8. The van der Waals surface area contributed by atoms with Gasteiger partial charge in [-0.25, -0.2) is 4.79 Å². The number of aromatic nitrogens is 1. The number of amides is 3. The van der Waals surface area contributed by atoms with E-state index in [1.54, 1.807) is 12.1 Å². The zero-order valence-electron chi connectivity index (χ0n) is 17.1. The summed E-state index contributed by atoms with van der Waals surface area (Å²) < 4.78 is 7.91. The van der Waals surface area contributed by atoms with Crippen LogP contribution in [0.3, 0.4) is 0 Å². The molecule has 3 aromatic rings. The number of nitriles is 1. The molecule has 2 aromatic carbocycles. The van der Waals surface area contributed by atoms with Crippen molar-refractivity contribution in [3.8, 4) is 17.5 Å². The van der Waals surface area contributed by atoms with Crippen molar-refractivity contribution >= 4 is 18.0 Å². The van der Waals surface area contributed by atoms with Crippen LogP contribution in [0.5, 0.6) is 5.75 Å². The van der Waals surface area contributed by atoms with Crippen LogP contribution in [0.1, 0.15) is 28.1 Å². The molecule has 0 spiro atoms. The number of hydrogen-bond acceptors (Lipinski definition) is 4. The van der Waals surface area contributed by atoms with Crippen LogP contribution >= 0.6 is 0 Å². The number of hydrogen-bond donors (Lipinski definition) is 2. The fraction of sp³-hybridized carbons (Fsp3) is 0.125. The Morgan fingerprint density at radius 2 is 1.81 bits per heavy atom. The Morgan fingerprint density at radius 3 is 2.48 bits per heavy atom. The third-order valence-electron chi connectivity index (χ3n) is 5.12. The van der Waals surface area contributed by atoms with Gasteiger partial charge in [0.2, 0.25) is 0 Å². The zero-order chi connectivity index (χ0) is 22.0. The van der Waals surface area contributed by atoms with Gasteiger partial charge in [-0.3, -0.25) is 10.1 Å². The monoisotopic (exact) mass is 412 g/mol. The first-order chi connectivity index (χ1) is 15.0. The van der Waals surface area contributed by atoms with Gasteiger partial charge in [-0.15, -0.1) is 0 Å². The Morgan fingerprint density at radius 1 is 1.06 bits per heavy atom. The summed E-state index contributed by atoms with van der Waals surface area (Å²) in [5, 5.41) is 13.9. The van der Waals surface area contributed by atoms with Crippen molar-refractivity contribution < 1.29 is 14.3 Å². The number of carbonyl (C=O) groups excluding carboxylic acids is 2. The second-order valence-electron chi connectivity index (χ2n) is 7.18. The van der Waals surface area contributed by atoms with E-state index in [2.05, 4.69) is 21.3 Å². The SMILES string of the molecule is Cc1cc(/C=C2\NC(=O)NC2=O)c(C)n1-c1ccc(OCc2ccccc2C#N)cc1. The van der Waals surface area contributed by atoms with Crippen LogP contribution in [-0.4, -0.2) is 16.5 Å². The first-order valence-electron chi connectivity index (χ1n) is 9.70. The molecule has 0 saturated carbocycles. The van der Waals surface area contributed by atoms with Crippen molar-refractivity contribution in [2.45, 2.75) is 20.5 Å². The number of nitrogens with one attached hydrogen (secondary N) is 2. The van der Waals surface area contributed by atoms with E-state index in [-0.39, 0.29) is 5.70 Å². The van der Waals surface area contributed by atoms with E-state index in [9.17, 15) is 14.9 Å². The summed E-state index contributed by atoms with van der Waals surface area (Å²) in [6.45, 7) is 4.25. The van der Waals surface area contributed by atoms with Gasteiger partial charge < -0.3 is 14.6 Å². The highest BCUT2D eigenvalue weighted by atomic mass is 16.5. The fourth-order valence-corrected chi connectivity index (χ4v) is 3.58. The molecule has 1 aliphatic rings. The third kappa shape index (κ3) is 4.05. The van der Waals surface area contributed by atoms with Crippen LogP contribution in [0.2, 0.25) is 0 Å². The standard InChI is InChI=1S/C24H20N4O3/c1-15-11-19(12-22-23(29)27-24(30)26-22)16(2)28(15)20-7-9-21(10-8-20)31-14-18-6-4-3-5-17(18)13-25/h3-12H,14H2,1-2H3,(H2,26,27,29,30)/b22-12-. The molecule has 7 heteroatoms. The van der Waals surface area contributed by atoms with Crippen molar-refractivity contribution in [3.63, 3.8) is 0 Å². The topological polar surface area (TPSA) is 96.2 Å². The van der Waals surface area contributed by atoms with Crippen molar-refractivity contribution in [2.75, 3.05) is 0 Å². The Hall–Kier alpha value is -4.31. The number of nitrogens with zero attached hydrogens (tertiary/aromatic N) is 2. The molecule has 0 radical (unpaired) electrons. The molecule has 1 fully saturated rings. The lowest BCUT2D eigenvalue weighted by molar-refractivity contribution is -0.115. The van der Waals surface area contributed by atoms with Gasteiger partial charge in [-0.2, -0.15) is 5.26 Å². The van der Waals surface area contributed by atoms with E-state index in [0.717, 1.165) is 28.2 Å². The number of urea groups is 1. The average molecular weight is 412 g/mol. The second-order valence-corrected chi connectivity index (χ2v) is 7.18. The molecule has 0 unspecified atom stereocenters. The van der Waals surface area contributed by atoms with Crippen molar-refractivity contribution in [2.24, 2.45) is 0 Å². The molecule has 4 rings (SSSR count). The Kier molecular flexibility index (Phi) is 5.29. The molecule has 3 amide bonds. The minimum absolute atomic E-state index is 0.228. The number of rotatable bonds is 5. The summed E-state index contributed by atoms with van der Waals surface area (Å²) in [6.07, 6.45) is 1.67. The van der Waals surface area contributed by atoms with Crippen LogP contribution in [0, 0.1) is 25.2 Å². The van der Waals surface area contributed by atoms with Crippen LogP contribution in [0.15, 0.2) is 60.3 Å². The number of aryl methyl sites for hydroxylation is 1. The number of imide groups is 1. The number of ether oxygens (including phenoxy) is 1. The molecule has 154 valence electrons. The molecule has 7 nitrogen and oxygen atoms in total. The summed E-state index contributed by atoms with van der Waals surface area (Å²) >= 11 is 0. The summed E-state index contributed by atoms with van der Waals surface area (Å²) in [6, 6.07) is 18.6. The lowest BCUT2D eigenvalue weighted by atomic mass is 10.1. The minimum atomic E-state index is -0.516. The van der Waals surface area contributed by atoms with Gasteiger partial charge in [0.25, 0.3) is 5.91 Å². The van der Waals surface area contributed by atoms with Gasteiger partial charge in [0.05, 0.1) is 11.6 Å². The van der Waals surface area contributed by atoms with Gasteiger partial charge >= 0.3 is 6.03 Å². The Labute approximate surface area is 179 Å². The second kappa shape index (κ2) is 8.20. The van der Waals surface area contributed by atoms with Gasteiger partial charge in [-0.05, 0) is 61.9 Å². The molecule has 0 aliphatic carbocycles. The first-order valence-corrected chi connectivity index (χ1v) is 9.70. The maximum Gasteiger partial charge on any atom is 0.326 e. The zero-order valence-corrected chi connectivity index (χ0v) is 17.1. The molecule has 0 atom stereocenters. The predicted octanol–water partition coefficient (Wildman–Crippen LogP) is 3.73. The van der Waals surface area contributed by atoms with E-state index >= 15 is 0 Å².